The number of hydrogen-bond donors (Lipinski definition) is 1. The molecule has 1 N–H and O–H groups in total. The van der Waals surface area contributed by atoms with E-state index < -0.39 is 0 Å². The topological polar surface area (TPSA) is 65.7 Å². The molecule has 0 radical (unpaired) electrons. The molecule has 0 amide bonds. The number of nitrogens with zero attached hydrogens (tertiary/aromatic N) is 2. The number of aliphatic hydroxyl groups is 1. The van der Waals surface area contributed by atoms with Gasteiger partial charge in [0, 0.05) is 6.54 Å². The van der Waals surface area contributed by atoms with E-state index in [2.05, 4.69) is 6.07 Å². The highest BCUT2D eigenvalue weighted by Crippen LogP contribution is 2.33. The quantitative estimate of drug-likeness (QED) is 0.867. The maximum atomic E-state index is 9.37. The first kappa shape index (κ1) is 13.7. The summed E-state index contributed by atoms with van der Waals surface area (Å²) >= 11 is 0. The van der Waals surface area contributed by atoms with Gasteiger partial charge in [0.1, 0.15) is 19.3 Å². The fourth-order valence-corrected chi connectivity index (χ4v) is 2.20. The standard InChI is InChI=1S/C14H18N2O3/c1-2-16(5-6-17)12(10-15)11-3-4-13-14(9-11)19-8-7-18-13/h3-4,9,12,17H,2,5-8H2,1H3. The number of hydrogen-bond acceptors (Lipinski definition) is 5. The predicted octanol–water partition coefficient (Wildman–Crippen LogP) is 1.34. The van der Waals surface area contributed by atoms with Gasteiger partial charge in [-0.25, -0.2) is 0 Å². The van der Waals surface area contributed by atoms with E-state index >= 15 is 0 Å². The van der Waals surface area contributed by atoms with Crippen LogP contribution in [-0.4, -0.2) is 42.9 Å². The summed E-state index contributed by atoms with van der Waals surface area (Å²) < 4.78 is 11.0. The lowest BCUT2D eigenvalue weighted by Gasteiger charge is -2.26. The zero-order chi connectivity index (χ0) is 13.7. The molecule has 1 aromatic carbocycles. The third-order valence-electron chi connectivity index (χ3n) is 3.16. The Labute approximate surface area is 113 Å². The van der Waals surface area contributed by atoms with E-state index in [4.69, 9.17) is 14.6 Å². The maximum Gasteiger partial charge on any atom is 0.161 e. The Kier molecular flexibility index (Phi) is 4.61. The lowest BCUT2D eigenvalue weighted by Crippen LogP contribution is -2.30. The lowest BCUT2D eigenvalue weighted by molar-refractivity contribution is 0.168. The molecule has 1 heterocycles. The van der Waals surface area contributed by atoms with Gasteiger partial charge in [-0.15, -0.1) is 0 Å². The lowest BCUT2D eigenvalue weighted by atomic mass is 10.1. The van der Waals surface area contributed by atoms with Gasteiger partial charge in [-0.05, 0) is 24.2 Å². The zero-order valence-electron chi connectivity index (χ0n) is 11.0. The molecule has 0 bridgehead atoms. The van der Waals surface area contributed by atoms with Crippen LogP contribution in [0, 0.1) is 11.3 Å². The van der Waals surface area contributed by atoms with E-state index in [9.17, 15) is 5.26 Å². The van der Waals surface area contributed by atoms with Gasteiger partial charge >= 0.3 is 0 Å². The molecular weight excluding hydrogens is 244 g/mol. The van der Waals surface area contributed by atoms with Crippen LogP contribution in [-0.2, 0) is 0 Å². The Morgan fingerprint density at radius 3 is 2.74 bits per heavy atom. The van der Waals surface area contributed by atoms with Crippen LogP contribution in [0.15, 0.2) is 18.2 Å². The molecule has 0 aromatic heterocycles. The number of aliphatic hydroxyl groups excluding tert-OH is 1. The first-order valence-electron chi connectivity index (χ1n) is 6.44. The van der Waals surface area contributed by atoms with Crippen molar-refractivity contribution in [1.29, 1.82) is 5.26 Å². The Bertz CT molecular complexity index is 470. The molecule has 1 atom stereocenters. The normalized spacial score (nSPS) is 15.1. The van der Waals surface area contributed by atoms with Crippen molar-refractivity contribution in [3.8, 4) is 17.6 Å². The minimum absolute atomic E-state index is 0.0383. The number of likely N-dealkylation sites (N-methyl/N-ethyl adjacent to an activating group) is 1. The van der Waals surface area contributed by atoms with E-state index in [0.717, 1.165) is 11.3 Å². The third kappa shape index (κ3) is 2.98. The second-order valence-electron chi connectivity index (χ2n) is 4.29. The smallest absolute Gasteiger partial charge is 0.161 e. The van der Waals surface area contributed by atoms with E-state index in [-0.39, 0.29) is 12.6 Å². The SMILES string of the molecule is CCN(CCO)C(C#N)c1ccc2c(c1)OCCO2. The second kappa shape index (κ2) is 6.41. The van der Waals surface area contributed by atoms with Crippen molar-refractivity contribution >= 4 is 0 Å². The predicted molar refractivity (Wildman–Crippen MR) is 70.1 cm³/mol. The summed E-state index contributed by atoms with van der Waals surface area (Å²) in [6.45, 7) is 4.27. The summed E-state index contributed by atoms with van der Waals surface area (Å²) in [5.41, 5.74) is 0.863. The van der Waals surface area contributed by atoms with Crippen molar-refractivity contribution in [2.75, 3.05) is 32.9 Å². The first-order chi connectivity index (χ1) is 9.30. The average Bonchev–Trinajstić information content (AvgIpc) is 2.47. The molecule has 19 heavy (non-hydrogen) atoms. The maximum absolute atomic E-state index is 9.37. The summed E-state index contributed by atoms with van der Waals surface area (Å²) in [5, 5.41) is 18.4. The minimum Gasteiger partial charge on any atom is -0.486 e. The number of nitriles is 1. The molecule has 0 aliphatic carbocycles. The van der Waals surface area contributed by atoms with Gasteiger partial charge in [0.2, 0.25) is 0 Å². The van der Waals surface area contributed by atoms with Crippen molar-refractivity contribution in [2.24, 2.45) is 0 Å². The molecule has 1 aliphatic heterocycles. The summed E-state index contributed by atoms with van der Waals surface area (Å²) in [6, 6.07) is 7.46. The van der Waals surface area contributed by atoms with Gasteiger partial charge in [0.15, 0.2) is 11.5 Å². The fraction of sp³-hybridized carbons (Fsp3) is 0.500. The van der Waals surface area contributed by atoms with Crippen molar-refractivity contribution in [1.82, 2.24) is 4.90 Å². The highest BCUT2D eigenvalue weighted by Gasteiger charge is 2.21. The highest BCUT2D eigenvalue weighted by molar-refractivity contribution is 5.45. The van der Waals surface area contributed by atoms with Gasteiger partial charge in [-0.2, -0.15) is 5.26 Å². The summed E-state index contributed by atoms with van der Waals surface area (Å²) in [7, 11) is 0. The molecule has 1 aliphatic rings. The monoisotopic (exact) mass is 262 g/mol. The molecule has 1 aromatic rings. The van der Waals surface area contributed by atoms with Crippen LogP contribution in [0.25, 0.3) is 0 Å². The van der Waals surface area contributed by atoms with E-state index in [1.807, 2.05) is 30.0 Å². The van der Waals surface area contributed by atoms with Gasteiger partial charge in [-0.3, -0.25) is 4.90 Å². The minimum atomic E-state index is -0.382. The Morgan fingerprint density at radius 1 is 1.37 bits per heavy atom. The second-order valence-corrected chi connectivity index (χ2v) is 4.29. The van der Waals surface area contributed by atoms with Crippen LogP contribution >= 0.6 is 0 Å². The molecule has 5 heteroatoms. The third-order valence-corrected chi connectivity index (χ3v) is 3.16. The summed E-state index contributed by atoms with van der Waals surface area (Å²) in [6.07, 6.45) is 0. The Balaban J connectivity index is 2.25. The van der Waals surface area contributed by atoms with Crippen LogP contribution in [0.5, 0.6) is 11.5 Å². The molecule has 5 nitrogen and oxygen atoms in total. The van der Waals surface area contributed by atoms with Crippen molar-refractivity contribution in [3.63, 3.8) is 0 Å². The fourth-order valence-electron chi connectivity index (χ4n) is 2.20. The van der Waals surface area contributed by atoms with Crippen molar-refractivity contribution < 1.29 is 14.6 Å². The largest absolute Gasteiger partial charge is 0.486 e. The molecule has 1 unspecified atom stereocenters. The molecule has 0 saturated heterocycles. The number of benzene rings is 1. The number of ether oxygens (including phenoxy) is 2. The Morgan fingerprint density at radius 2 is 2.11 bits per heavy atom. The highest BCUT2D eigenvalue weighted by atomic mass is 16.6. The van der Waals surface area contributed by atoms with Crippen LogP contribution in [0.1, 0.15) is 18.5 Å². The van der Waals surface area contributed by atoms with Crippen LogP contribution in [0.3, 0.4) is 0 Å². The van der Waals surface area contributed by atoms with Gasteiger partial charge in [0.05, 0.1) is 12.7 Å². The molecule has 0 saturated carbocycles. The van der Waals surface area contributed by atoms with Crippen LogP contribution in [0.2, 0.25) is 0 Å². The van der Waals surface area contributed by atoms with Crippen molar-refractivity contribution in [2.45, 2.75) is 13.0 Å². The summed E-state index contributed by atoms with van der Waals surface area (Å²) in [5.74, 6) is 1.40. The molecule has 0 fully saturated rings. The summed E-state index contributed by atoms with van der Waals surface area (Å²) in [4.78, 5) is 1.92. The van der Waals surface area contributed by atoms with Gasteiger partial charge < -0.3 is 14.6 Å². The van der Waals surface area contributed by atoms with Crippen LogP contribution in [0.4, 0.5) is 0 Å². The number of rotatable bonds is 5. The Hall–Kier alpha value is -1.77. The van der Waals surface area contributed by atoms with E-state index in [1.54, 1.807) is 0 Å². The zero-order valence-corrected chi connectivity index (χ0v) is 11.0. The molecule has 2 rings (SSSR count). The first-order valence-corrected chi connectivity index (χ1v) is 6.44. The molecule has 102 valence electrons. The van der Waals surface area contributed by atoms with Crippen LogP contribution < -0.4 is 9.47 Å². The number of fused-ring (bicyclic) bond motifs is 1. The molecule has 0 spiro atoms. The van der Waals surface area contributed by atoms with Gasteiger partial charge in [0.25, 0.3) is 0 Å². The molecular formula is C14H18N2O3. The van der Waals surface area contributed by atoms with Gasteiger partial charge in [-0.1, -0.05) is 13.0 Å². The van der Waals surface area contributed by atoms with E-state index in [0.29, 0.717) is 32.1 Å². The van der Waals surface area contributed by atoms with E-state index in [1.165, 1.54) is 0 Å². The van der Waals surface area contributed by atoms with Crippen molar-refractivity contribution in [3.05, 3.63) is 23.8 Å². The average molecular weight is 262 g/mol.